The zero-order chi connectivity index (χ0) is 12.8. The molecule has 2 nitrogen and oxygen atoms in total. The van der Waals surface area contributed by atoms with Gasteiger partial charge >= 0.3 is 0 Å². The van der Waals surface area contributed by atoms with Crippen molar-refractivity contribution in [2.45, 2.75) is 33.1 Å². The van der Waals surface area contributed by atoms with Crippen LogP contribution in [0.4, 0.5) is 0 Å². The summed E-state index contributed by atoms with van der Waals surface area (Å²) in [6.45, 7) is 5.73. The van der Waals surface area contributed by atoms with E-state index in [9.17, 15) is 0 Å². The highest BCUT2D eigenvalue weighted by atomic mass is 16.5. The van der Waals surface area contributed by atoms with Gasteiger partial charge in [-0.1, -0.05) is 38.1 Å². The smallest absolute Gasteiger partial charge is 0.142 e. The SMILES string of the molecule is CCCOC1=C(OCCC)Cc2ccccc2[CH]1. The Morgan fingerprint density at radius 1 is 1.00 bits per heavy atom. The molecule has 2 rings (SSSR count). The van der Waals surface area contributed by atoms with Crippen LogP contribution in [0.15, 0.2) is 35.8 Å². The summed E-state index contributed by atoms with van der Waals surface area (Å²) in [7, 11) is 0. The van der Waals surface area contributed by atoms with Gasteiger partial charge in [-0.05, 0) is 24.0 Å². The van der Waals surface area contributed by atoms with Crippen molar-refractivity contribution in [1.82, 2.24) is 0 Å². The molecule has 97 valence electrons. The zero-order valence-corrected chi connectivity index (χ0v) is 11.2. The third-order valence-electron chi connectivity index (χ3n) is 2.91. The van der Waals surface area contributed by atoms with Crippen LogP contribution >= 0.6 is 0 Å². The Morgan fingerprint density at radius 3 is 2.50 bits per heavy atom. The standard InChI is InChI=1S/C16H21O2/c1-3-9-17-15-11-13-7-5-6-8-14(13)12-16(15)18-10-4-2/h5-8,11H,3-4,9-10,12H2,1-2H3. The molecular formula is C16H21O2. The Labute approximate surface area is 110 Å². The zero-order valence-electron chi connectivity index (χ0n) is 11.2. The molecule has 0 spiro atoms. The molecule has 0 unspecified atom stereocenters. The summed E-state index contributed by atoms with van der Waals surface area (Å²) in [5, 5.41) is 0. The third-order valence-corrected chi connectivity index (χ3v) is 2.91. The van der Waals surface area contributed by atoms with Crippen molar-refractivity contribution in [3.63, 3.8) is 0 Å². The Balaban J connectivity index is 2.15. The first kappa shape index (κ1) is 13.0. The van der Waals surface area contributed by atoms with Crippen LogP contribution in [0.2, 0.25) is 0 Å². The van der Waals surface area contributed by atoms with E-state index in [-0.39, 0.29) is 0 Å². The normalized spacial score (nSPS) is 14.3. The lowest BCUT2D eigenvalue weighted by molar-refractivity contribution is 0.152. The second kappa shape index (κ2) is 6.48. The Hall–Kier alpha value is -1.44. The lowest BCUT2D eigenvalue weighted by atomic mass is 9.94. The third kappa shape index (κ3) is 3.06. The first-order valence-corrected chi connectivity index (χ1v) is 6.76. The predicted molar refractivity (Wildman–Crippen MR) is 73.1 cm³/mol. The van der Waals surface area contributed by atoms with E-state index in [1.165, 1.54) is 11.1 Å². The maximum absolute atomic E-state index is 5.82. The number of benzene rings is 1. The molecule has 18 heavy (non-hydrogen) atoms. The number of hydrogen-bond donors (Lipinski definition) is 0. The van der Waals surface area contributed by atoms with Gasteiger partial charge in [0.05, 0.1) is 19.6 Å². The van der Waals surface area contributed by atoms with Crippen molar-refractivity contribution < 1.29 is 9.47 Å². The maximum atomic E-state index is 5.82. The first-order chi connectivity index (χ1) is 8.85. The summed E-state index contributed by atoms with van der Waals surface area (Å²) >= 11 is 0. The molecule has 0 amide bonds. The molecule has 1 aliphatic rings. The van der Waals surface area contributed by atoms with Gasteiger partial charge in [-0.3, -0.25) is 0 Å². The highest BCUT2D eigenvalue weighted by molar-refractivity contribution is 5.45. The van der Waals surface area contributed by atoms with Crippen molar-refractivity contribution in [3.8, 4) is 0 Å². The highest BCUT2D eigenvalue weighted by Gasteiger charge is 2.20. The average molecular weight is 245 g/mol. The van der Waals surface area contributed by atoms with E-state index in [4.69, 9.17) is 9.47 Å². The molecule has 0 bridgehead atoms. The minimum absolute atomic E-state index is 0.743. The fourth-order valence-electron chi connectivity index (χ4n) is 2.00. The van der Waals surface area contributed by atoms with Gasteiger partial charge in [-0.25, -0.2) is 0 Å². The molecule has 0 saturated carbocycles. The van der Waals surface area contributed by atoms with Crippen LogP contribution < -0.4 is 0 Å². The molecular weight excluding hydrogens is 224 g/mol. The van der Waals surface area contributed by atoms with E-state index >= 15 is 0 Å². The molecule has 1 radical (unpaired) electrons. The predicted octanol–water partition coefficient (Wildman–Crippen LogP) is 3.86. The fraction of sp³-hybridized carbons (Fsp3) is 0.438. The van der Waals surface area contributed by atoms with Crippen LogP contribution in [0, 0.1) is 6.42 Å². The van der Waals surface area contributed by atoms with E-state index in [0.717, 1.165) is 44.0 Å². The fourth-order valence-corrected chi connectivity index (χ4v) is 2.00. The van der Waals surface area contributed by atoms with Crippen LogP contribution in [-0.4, -0.2) is 13.2 Å². The maximum Gasteiger partial charge on any atom is 0.142 e. The summed E-state index contributed by atoms with van der Waals surface area (Å²) in [6.07, 6.45) is 4.97. The molecule has 0 N–H and O–H groups in total. The van der Waals surface area contributed by atoms with Gasteiger partial charge in [0.2, 0.25) is 0 Å². The van der Waals surface area contributed by atoms with Crippen molar-refractivity contribution in [3.05, 3.63) is 53.3 Å². The highest BCUT2D eigenvalue weighted by Crippen LogP contribution is 2.29. The van der Waals surface area contributed by atoms with Crippen molar-refractivity contribution in [1.29, 1.82) is 0 Å². The molecule has 1 aromatic carbocycles. The van der Waals surface area contributed by atoms with Gasteiger partial charge in [-0.15, -0.1) is 0 Å². The second-order valence-corrected chi connectivity index (χ2v) is 4.50. The van der Waals surface area contributed by atoms with E-state index in [1.807, 2.05) is 0 Å². The topological polar surface area (TPSA) is 18.5 Å². The monoisotopic (exact) mass is 245 g/mol. The largest absolute Gasteiger partial charge is 0.494 e. The van der Waals surface area contributed by atoms with Gasteiger partial charge in [-0.2, -0.15) is 0 Å². The summed E-state index contributed by atoms with van der Waals surface area (Å²) in [6, 6.07) is 8.41. The summed E-state index contributed by atoms with van der Waals surface area (Å²) in [5.41, 5.74) is 2.56. The average Bonchev–Trinajstić information content (AvgIpc) is 2.42. The molecule has 0 aromatic heterocycles. The van der Waals surface area contributed by atoms with Crippen LogP contribution in [0.3, 0.4) is 0 Å². The van der Waals surface area contributed by atoms with Gasteiger partial charge < -0.3 is 9.47 Å². The van der Waals surface area contributed by atoms with Gasteiger partial charge in [0, 0.05) is 6.42 Å². The van der Waals surface area contributed by atoms with Crippen LogP contribution in [-0.2, 0) is 15.9 Å². The van der Waals surface area contributed by atoms with Crippen LogP contribution in [0.25, 0.3) is 0 Å². The molecule has 0 fully saturated rings. The van der Waals surface area contributed by atoms with Crippen molar-refractivity contribution >= 4 is 0 Å². The number of allylic oxidation sites excluding steroid dienone is 2. The van der Waals surface area contributed by atoms with Gasteiger partial charge in [0.1, 0.15) is 11.5 Å². The molecule has 1 aliphatic carbocycles. The molecule has 0 aliphatic heterocycles. The number of rotatable bonds is 6. The Morgan fingerprint density at radius 2 is 1.72 bits per heavy atom. The molecule has 1 aromatic rings. The lowest BCUT2D eigenvalue weighted by Gasteiger charge is -2.23. The van der Waals surface area contributed by atoms with Crippen molar-refractivity contribution in [2.24, 2.45) is 0 Å². The van der Waals surface area contributed by atoms with Gasteiger partial charge in [0.25, 0.3) is 0 Å². The number of hydrogen-bond acceptors (Lipinski definition) is 2. The van der Waals surface area contributed by atoms with Gasteiger partial charge in [0.15, 0.2) is 0 Å². The summed E-state index contributed by atoms with van der Waals surface area (Å²) in [4.78, 5) is 0. The van der Waals surface area contributed by atoms with Crippen LogP contribution in [0.5, 0.6) is 0 Å². The summed E-state index contributed by atoms with van der Waals surface area (Å²) in [5.74, 6) is 1.88. The molecule has 2 heteroatoms. The Kier molecular flexibility index (Phi) is 4.68. The van der Waals surface area contributed by atoms with E-state index < -0.39 is 0 Å². The number of fused-ring (bicyclic) bond motifs is 1. The molecule has 0 saturated heterocycles. The van der Waals surface area contributed by atoms with E-state index in [2.05, 4.69) is 44.5 Å². The molecule has 0 atom stereocenters. The number of ether oxygens (including phenoxy) is 2. The summed E-state index contributed by atoms with van der Waals surface area (Å²) < 4.78 is 11.6. The second-order valence-electron chi connectivity index (χ2n) is 4.50. The van der Waals surface area contributed by atoms with E-state index in [1.54, 1.807) is 0 Å². The van der Waals surface area contributed by atoms with Crippen molar-refractivity contribution in [2.75, 3.05) is 13.2 Å². The first-order valence-electron chi connectivity index (χ1n) is 6.76. The van der Waals surface area contributed by atoms with E-state index in [0.29, 0.717) is 0 Å². The lowest BCUT2D eigenvalue weighted by Crippen LogP contribution is -2.13. The Bertz CT molecular complexity index is 382. The molecule has 0 heterocycles. The quantitative estimate of drug-likeness (QED) is 0.757. The van der Waals surface area contributed by atoms with Crippen LogP contribution in [0.1, 0.15) is 37.8 Å². The minimum Gasteiger partial charge on any atom is -0.494 e. The minimum atomic E-state index is 0.743.